The summed E-state index contributed by atoms with van der Waals surface area (Å²) in [7, 11) is 0. The fraction of sp³-hybridized carbons (Fsp3) is 0.833. The van der Waals surface area contributed by atoms with E-state index in [0.717, 1.165) is 25.7 Å². The molecule has 0 aromatic rings. The molecule has 0 radical (unpaired) electrons. The first-order valence-corrected chi connectivity index (χ1v) is 6.33. The predicted octanol–water partition coefficient (Wildman–Crippen LogP) is 2.49. The van der Waals surface area contributed by atoms with Crippen LogP contribution in [0.15, 0.2) is 0 Å². The maximum atomic E-state index is 11.3. The lowest BCUT2D eigenvalue weighted by molar-refractivity contribution is 0.0379. The van der Waals surface area contributed by atoms with Crippen molar-refractivity contribution < 1.29 is 19.2 Å². The number of hydrogen-bond acceptors (Lipinski definition) is 5. The second kappa shape index (κ2) is 6.58. The van der Waals surface area contributed by atoms with Gasteiger partial charge in [-0.05, 0) is 33.6 Å². The Morgan fingerprint density at radius 3 is 2.22 bits per heavy atom. The van der Waals surface area contributed by atoms with E-state index in [1.54, 1.807) is 20.8 Å². The van der Waals surface area contributed by atoms with Crippen LogP contribution in [0.4, 0.5) is 9.59 Å². The van der Waals surface area contributed by atoms with E-state index >= 15 is 0 Å². The molecule has 0 heterocycles. The number of imide groups is 1. The van der Waals surface area contributed by atoms with E-state index in [1.807, 2.05) is 5.32 Å². The molecule has 1 saturated carbocycles. The molecule has 0 aliphatic heterocycles. The topological polar surface area (TPSA) is 76.7 Å². The number of hydroxylamine groups is 1. The van der Waals surface area contributed by atoms with Crippen molar-refractivity contribution in [2.24, 2.45) is 0 Å². The van der Waals surface area contributed by atoms with Crippen molar-refractivity contribution in [3.63, 3.8) is 0 Å². The van der Waals surface area contributed by atoms with Crippen LogP contribution in [0.3, 0.4) is 0 Å². The van der Waals surface area contributed by atoms with Crippen LogP contribution in [-0.4, -0.2) is 23.8 Å². The number of hydrogen-bond donors (Lipinski definition) is 2. The molecule has 1 rings (SSSR count). The molecule has 0 spiro atoms. The Morgan fingerprint density at radius 1 is 1.06 bits per heavy atom. The molecule has 0 aromatic heterocycles. The van der Waals surface area contributed by atoms with Crippen molar-refractivity contribution in [3.05, 3.63) is 0 Å². The highest BCUT2D eigenvalue weighted by molar-refractivity contribution is 5.87. The van der Waals surface area contributed by atoms with Gasteiger partial charge in [-0.2, -0.15) is 0 Å². The predicted molar refractivity (Wildman–Crippen MR) is 65.9 cm³/mol. The van der Waals surface area contributed by atoms with Crippen molar-refractivity contribution in [3.8, 4) is 0 Å². The quantitative estimate of drug-likeness (QED) is 0.744. The van der Waals surface area contributed by atoms with E-state index in [4.69, 9.17) is 9.57 Å². The summed E-state index contributed by atoms with van der Waals surface area (Å²) < 4.78 is 4.92. The SMILES string of the molecule is CC(C)(C)OC(=O)NC(=O)ONC1CCCCC1. The maximum Gasteiger partial charge on any atom is 0.435 e. The number of ether oxygens (including phenoxy) is 1. The zero-order valence-electron chi connectivity index (χ0n) is 11.2. The van der Waals surface area contributed by atoms with Crippen molar-refractivity contribution >= 4 is 12.2 Å². The average molecular weight is 258 g/mol. The van der Waals surface area contributed by atoms with Gasteiger partial charge in [0.1, 0.15) is 5.60 Å². The Balaban J connectivity index is 2.18. The Morgan fingerprint density at radius 2 is 1.67 bits per heavy atom. The number of carbonyl (C=O) groups is 2. The lowest BCUT2D eigenvalue weighted by Crippen LogP contribution is -2.41. The summed E-state index contributed by atoms with van der Waals surface area (Å²) in [5, 5.41) is 1.99. The number of rotatable bonds is 2. The van der Waals surface area contributed by atoms with E-state index in [-0.39, 0.29) is 6.04 Å². The third kappa shape index (κ3) is 6.44. The molecule has 1 fully saturated rings. The van der Waals surface area contributed by atoms with Gasteiger partial charge in [0.05, 0.1) is 0 Å². The fourth-order valence-electron chi connectivity index (χ4n) is 1.77. The summed E-state index contributed by atoms with van der Waals surface area (Å²) in [5.41, 5.74) is 2.03. The monoisotopic (exact) mass is 258 g/mol. The molecule has 6 heteroatoms. The molecular weight excluding hydrogens is 236 g/mol. The molecule has 18 heavy (non-hydrogen) atoms. The minimum atomic E-state index is -0.838. The van der Waals surface area contributed by atoms with Gasteiger partial charge >= 0.3 is 12.2 Å². The van der Waals surface area contributed by atoms with Gasteiger partial charge in [-0.1, -0.05) is 19.3 Å². The van der Waals surface area contributed by atoms with Gasteiger partial charge in [0.25, 0.3) is 0 Å². The molecule has 0 unspecified atom stereocenters. The minimum absolute atomic E-state index is 0.183. The number of amides is 2. The van der Waals surface area contributed by atoms with E-state index in [9.17, 15) is 9.59 Å². The molecule has 2 N–H and O–H groups in total. The smallest absolute Gasteiger partial charge is 0.435 e. The normalized spacial score (nSPS) is 17.1. The van der Waals surface area contributed by atoms with Gasteiger partial charge in [-0.25, -0.2) is 14.9 Å². The number of carbonyl (C=O) groups excluding carboxylic acids is 2. The number of alkyl carbamates (subject to hydrolysis) is 1. The van der Waals surface area contributed by atoms with Gasteiger partial charge in [0.15, 0.2) is 0 Å². The first-order valence-electron chi connectivity index (χ1n) is 6.33. The van der Waals surface area contributed by atoms with E-state index < -0.39 is 17.8 Å². The van der Waals surface area contributed by atoms with Crippen LogP contribution in [0.2, 0.25) is 0 Å². The van der Waals surface area contributed by atoms with Crippen molar-refractivity contribution in [2.45, 2.75) is 64.5 Å². The van der Waals surface area contributed by atoms with Crippen LogP contribution in [0.5, 0.6) is 0 Å². The summed E-state index contributed by atoms with van der Waals surface area (Å²) in [6.45, 7) is 5.16. The van der Waals surface area contributed by atoms with Gasteiger partial charge in [0.2, 0.25) is 0 Å². The van der Waals surface area contributed by atoms with Crippen LogP contribution >= 0.6 is 0 Å². The summed E-state index contributed by atoms with van der Waals surface area (Å²) in [4.78, 5) is 27.3. The Labute approximate surface area is 107 Å². The summed E-state index contributed by atoms with van der Waals surface area (Å²) in [6, 6.07) is 0.183. The molecule has 6 nitrogen and oxygen atoms in total. The second-order valence-corrected chi connectivity index (χ2v) is 5.47. The molecular formula is C12H22N2O4. The Bertz CT molecular complexity index is 293. The largest absolute Gasteiger partial charge is 0.443 e. The first-order chi connectivity index (χ1) is 8.37. The average Bonchev–Trinajstić information content (AvgIpc) is 2.25. The zero-order chi connectivity index (χ0) is 13.6. The Kier molecular flexibility index (Phi) is 5.40. The highest BCUT2D eigenvalue weighted by atomic mass is 16.7. The summed E-state index contributed by atoms with van der Waals surface area (Å²) >= 11 is 0. The summed E-state index contributed by atoms with van der Waals surface area (Å²) in [6.07, 6.45) is 3.82. The highest BCUT2D eigenvalue weighted by Gasteiger charge is 2.20. The van der Waals surface area contributed by atoms with Crippen LogP contribution in [-0.2, 0) is 9.57 Å². The Hall–Kier alpha value is -1.30. The maximum absolute atomic E-state index is 11.3. The molecule has 0 bridgehead atoms. The molecule has 1 aliphatic rings. The molecule has 1 aliphatic carbocycles. The van der Waals surface area contributed by atoms with Gasteiger partial charge < -0.3 is 9.57 Å². The zero-order valence-corrected chi connectivity index (χ0v) is 11.2. The lowest BCUT2D eigenvalue weighted by Gasteiger charge is -2.22. The summed E-state index contributed by atoms with van der Waals surface area (Å²) in [5.74, 6) is 0. The van der Waals surface area contributed by atoms with Gasteiger partial charge in [0, 0.05) is 6.04 Å². The lowest BCUT2D eigenvalue weighted by atomic mass is 9.96. The van der Waals surface area contributed by atoms with Crippen molar-refractivity contribution in [1.29, 1.82) is 0 Å². The molecule has 0 saturated heterocycles. The minimum Gasteiger partial charge on any atom is -0.443 e. The second-order valence-electron chi connectivity index (χ2n) is 5.47. The van der Waals surface area contributed by atoms with Gasteiger partial charge in [-0.15, -0.1) is 5.48 Å². The van der Waals surface area contributed by atoms with Crippen LogP contribution in [0.25, 0.3) is 0 Å². The van der Waals surface area contributed by atoms with Gasteiger partial charge in [-0.3, -0.25) is 0 Å². The molecule has 2 amide bonds. The van der Waals surface area contributed by atoms with Crippen LogP contribution in [0.1, 0.15) is 52.9 Å². The van der Waals surface area contributed by atoms with E-state index in [2.05, 4.69) is 5.48 Å². The molecule has 0 atom stereocenters. The first kappa shape index (κ1) is 14.8. The highest BCUT2D eigenvalue weighted by Crippen LogP contribution is 2.17. The van der Waals surface area contributed by atoms with Crippen LogP contribution < -0.4 is 10.8 Å². The van der Waals surface area contributed by atoms with Crippen LogP contribution in [0, 0.1) is 0 Å². The van der Waals surface area contributed by atoms with Crippen molar-refractivity contribution in [1.82, 2.24) is 10.8 Å². The molecule has 104 valence electrons. The fourth-order valence-corrected chi connectivity index (χ4v) is 1.77. The van der Waals surface area contributed by atoms with E-state index in [0.29, 0.717) is 0 Å². The molecule has 0 aromatic carbocycles. The van der Waals surface area contributed by atoms with Crippen molar-refractivity contribution in [2.75, 3.05) is 0 Å². The number of nitrogens with one attached hydrogen (secondary N) is 2. The third-order valence-electron chi connectivity index (χ3n) is 2.53. The van der Waals surface area contributed by atoms with E-state index in [1.165, 1.54) is 6.42 Å². The standard InChI is InChI=1S/C12H22N2O4/c1-12(2,3)17-10(15)13-11(16)18-14-9-7-5-4-6-8-9/h9,14H,4-8H2,1-3H3,(H,13,15,16). The third-order valence-corrected chi connectivity index (χ3v) is 2.53.